The average Bonchev–Trinajstić information content (AvgIpc) is 3.57. The minimum absolute atomic E-state index is 0.0158. The van der Waals surface area contributed by atoms with Crippen LogP contribution < -0.4 is 22.8 Å². The van der Waals surface area contributed by atoms with Gasteiger partial charge < -0.3 is 0 Å². The van der Waals surface area contributed by atoms with Gasteiger partial charge in [0.2, 0.25) is 0 Å². The quantitative estimate of drug-likeness (QED) is 0.307. The lowest BCUT2D eigenvalue weighted by atomic mass is 9.79. The van der Waals surface area contributed by atoms with E-state index in [4.69, 9.17) is 4.99 Å². The molecule has 0 aliphatic carbocycles. The highest BCUT2D eigenvalue weighted by molar-refractivity contribution is 6.01. The third-order valence-corrected chi connectivity index (χ3v) is 8.68. The number of aryl methyl sites for hydroxylation is 1. The molecule has 1 aliphatic rings. The number of nitrogens with zero attached hydrogens (tertiary/aromatic N) is 6. The molecule has 11 heteroatoms. The van der Waals surface area contributed by atoms with E-state index in [0.29, 0.717) is 33.9 Å². The van der Waals surface area contributed by atoms with Crippen LogP contribution in [0.25, 0.3) is 17.1 Å². The van der Waals surface area contributed by atoms with E-state index < -0.39 is 28.3 Å². The Labute approximate surface area is 272 Å². The monoisotopic (exact) mass is 633 g/mol. The predicted octanol–water partition coefficient (Wildman–Crippen LogP) is 4.12. The largest absolute Gasteiger partial charge is 0.358 e. The number of H-pyrrole nitrogens is 1. The first-order valence-corrected chi connectivity index (χ1v) is 15.3. The highest BCUT2D eigenvalue weighted by atomic mass is 16.2. The number of fused-ring (bicyclic) bond motifs is 3. The molecule has 2 aromatic heterocycles. The van der Waals surface area contributed by atoms with Crippen molar-refractivity contribution in [1.29, 1.82) is 0 Å². The highest BCUT2D eigenvalue weighted by Gasteiger charge is 2.52. The molecule has 1 unspecified atom stereocenters. The van der Waals surface area contributed by atoms with Crippen LogP contribution in [0.4, 0.5) is 5.69 Å². The van der Waals surface area contributed by atoms with E-state index in [1.807, 2.05) is 55.5 Å². The predicted molar refractivity (Wildman–Crippen MR) is 183 cm³/mol. The molecule has 11 nitrogen and oxygen atoms in total. The fraction of sp³-hybridized carbons (Fsp3) is 0.0541. The molecule has 0 radical (unpaired) electrons. The van der Waals surface area contributed by atoms with Crippen molar-refractivity contribution in [3.05, 3.63) is 198 Å². The van der Waals surface area contributed by atoms with Crippen LogP contribution in [0.5, 0.6) is 0 Å². The van der Waals surface area contributed by atoms with Gasteiger partial charge in [0.25, 0.3) is 0 Å². The molecular formula is C37H27N7O4. The lowest BCUT2D eigenvalue weighted by molar-refractivity contribution is 0.447. The van der Waals surface area contributed by atoms with E-state index in [1.54, 1.807) is 91.0 Å². The Balaban J connectivity index is 1.61. The van der Waals surface area contributed by atoms with Gasteiger partial charge in [-0.1, -0.05) is 103 Å². The summed E-state index contributed by atoms with van der Waals surface area (Å²) in [5.74, 6) is 0.0158. The van der Waals surface area contributed by atoms with Gasteiger partial charge >= 0.3 is 22.8 Å². The van der Waals surface area contributed by atoms with Crippen molar-refractivity contribution >= 4 is 11.5 Å². The van der Waals surface area contributed by atoms with E-state index in [0.717, 1.165) is 14.7 Å². The summed E-state index contributed by atoms with van der Waals surface area (Å²) in [4.78, 5) is 62.7. The Morgan fingerprint density at radius 2 is 1.10 bits per heavy atom. The minimum atomic E-state index is -1.75. The molecule has 234 valence electrons. The number of rotatable bonds is 5. The van der Waals surface area contributed by atoms with Gasteiger partial charge in [0, 0.05) is 5.56 Å². The third kappa shape index (κ3) is 4.04. The summed E-state index contributed by atoms with van der Waals surface area (Å²) < 4.78 is 5.82. The molecule has 0 bridgehead atoms. The Hall–Kier alpha value is -6.75. The van der Waals surface area contributed by atoms with Gasteiger partial charge in [-0.05, 0) is 54.4 Å². The average molecular weight is 634 g/mol. The van der Waals surface area contributed by atoms with Crippen molar-refractivity contribution in [2.24, 2.45) is 4.99 Å². The molecule has 1 aliphatic heterocycles. The summed E-state index contributed by atoms with van der Waals surface area (Å²) >= 11 is 0. The summed E-state index contributed by atoms with van der Waals surface area (Å²) in [6.45, 7) is 1.88. The molecule has 1 atom stereocenters. The van der Waals surface area contributed by atoms with Crippen LogP contribution in [0.3, 0.4) is 0 Å². The second-order valence-corrected chi connectivity index (χ2v) is 11.4. The first-order valence-electron chi connectivity index (χ1n) is 15.3. The number of aliphatic imine (C=N–C) groups is 1. The molecule has 7 aromatic rings. The van der Waals surface area contributed by atoms with E-state index in [1.165, 1.54) is 14.0 Å². The van der Waals surface area contributed by atoms with E-state index in [2.05, 4.69) is 5.10 Å². The highest BCUT2D eigenvalue weighted by Crippen LogP contribution is 2.41. The number of nitrogens with one attached hydrogen (secondary N) is 1. The maximum atomic E-state index is 14.7. The summed E-state index contributed by atoms with van der Waals surface area (Å²) in [5.41, 5.74) is -1.16. The van der Waals surface area contributed by atoms with Gasteiger partial charge in [0.05, 0.1) is 22.7 Å². The Morgan fingerprint density at radius 1 is 0.562 bits per heavy atom. The van der Waals surface area contributed by atoms with Gasteiger partial charge in [0.15, 0.2) is 11.4 Å². The maximum Gasteiger partial charge on any atom is 0.358 e. The Bertz CT molecular complexity index is 2610. The smallest absolute Gasteiger partial charge is 0.246 e. The zero-order chi connectivity index (χ0) is 33.0. The number of hydrogen-bond donors (Lipinski definition) is 1. The third-order valence-electron chi connectivity index (χ3n) is 8.68. The number of aromatic amines is 1. The molecule has 0 spiro atoms. The van der Waals surface area contributed by atoms with E-state index in [-0.39, 0.29) is 5.84 Å². The van der Waals surface area contributed by atoms with Gasteiger partial charge in [-0.15, -0.1) is 0 Å². The van der Waals surface area contributed by atoms with Crippen molar-refractivity contribution in [2.75, 3.05) is 0 Å². The number of hydrogen-bond acceptors (Lipinski definition) is 5. The van der Waals surface area contributed by atoms with Gasteiger partial charge in [-0.3, -0.25) is 0 Å². The first kappa shape index (κ1) is 28.7. The molecule has 0 fully saturated rings. The molecule has 5 aromatic carbocycles. The molecule has 48 heavy (non-hydrogen) atoms. The first-order chi connectivity index (χ1) is 23.4. The van der Waals surface area contributed by atoms with Crippen molar-refractivity contribution in [2.45, 2.75) is 12.5 Å². The lowest BCUT2D eigenvalue weighted by Crippen LogP contribution is -2.58. The molecule has 8 rings (SSSR count). The lowest BCUT2D eigenvalue weighted by Gasteiger charge is -2.40. The number of aromatic nitrogens is 6. The van der Waals surface area contributed by atoms with Crippen molar-refractivity contribution < 1.29 is 0 Å². The molecule has 3 heterocycles. The van der Waals surface area contributed by atoms with Crippen LogP contribution in [-0.2, 0) is 5.54 Å². The zero-order valence-corrected chi connectivity index (χ0v) is 25.6. The molecule has 0 saturated carbocycles. The number of benzene rings is 5. The van der Waals surface area contributed by atoms with Gasteiger partial charge in [0.1, 0.15) is 0 Å². The Morgan fingerprint density at radius 3 is 1.77 bits per heavy atom. The molecule has 0 amide bonds. The SMILES string of the molecule is Cc1ccccc1N=C1n2c(=O)n(-c3ccccc3)c(=O)n2-c2ccccc2C1(c1ccccc1)n1[nH]c(=O)n(-c2ccccc2)c1=O. The van der Waals surface area contributed by atoms with Crippen LogP contribution in [0.2, 0.25) is 0 Å². The maximum absolute atomic E-state index is 14.7. The van der Waals surface area contributed by atoms with Gasteiger partial charge in [-0.25, -0.2) is 43.1 Å². The van der Waals surface area contributed by atoms with Crippen LogP contribution in [0, 0.1) is 6.92 Å². The molecule has 1 N–H and O–H groups in total. The molecule has 0 saturated heterocycles. The second-order valence-electron chi connectivity index (χ2n) is 11.4. The van der Waals surface area contributed by atoms with Crippen LogP contribution in [0.1, 0.15) is 16.7 Å². The fourth-order valence-electron chi connectivity index (χ4n) is 6.53. The second kappa shape index (κ2) is 11.0. The fourth-order valence-corrected chi connectivity index (χ4v) is 6.53. The number of para-hydroxylation sites is 4. The summed E-state index contributed by atoms with van der Waals surface area (Å²) in [6, 6.07) is 40.6. The van der Waals surface area contributed by atoms with Crippen molar-refractivity contribution in [3.8, 4) is 17.1 Å². The normalized spacial score (nSPS) is 16.1. The van der Waals surface area contributed by atoms with Crippen molar-refractivity contribution in [1.82, 2.24) is 28.3 Å². The minimum Gasteiger partial charge on any atom is -0.246 e. The van der Waals surface area contributed by atoms with Gasteiger partial charge in [-0.2, -0.15) is 9.36 Å². The molecular weight excluding hydrogens is 606 g/mol. The standard InChI is InChI=1S/C37H27N7O4/c1-25-15-11-13-23-30(25)38-32-37(26-16-5-2-6-17-26,44-36(48)40(33(45)39-44)27-18-7-3-8-19-27)29-22-12-14-24-31(29)42-34(46)41(35(47)43(32)42)28-20-9-4-10-21-28/h2-24H,1H3,(H,39,45). The van der Waals surface area contributed by atoms with Crippen LogP contribution >= 0.6 is 0 Å². The summed E-state index contributed by atoms with van der Waals surface area (Å²) in [7, 11) is 0. The van der Waals surface area contributed by atoms with E-state index >= 15 is 0 Å². The summed E-state index contributed by atoms with van der Waals surface area (Å²) in [5, 5.41) is 2.82. The van der Waals surface area contributed by atoms with Crippen molar-refractivity contribution in [3.63, 3.8) is 0 Å². The van der Waals surface area contributed by atoms with E-state index in [9.17, 15) is 19.2 Å². The summed E-state index contributed by atoms with van der Waals surface area (Å²) in [6.07, 6.45) is 0. The topological polar surface area (TPSA) is 121 Å². The van der Waals surface area contributed by atoms with Crippen LogP contribution in [-0.4, -0.2) is 34.1 Å². The Kier molecular flexibility index (Phi) is 6.55. The van der Waals surface area contributed by atoms with Crippen LogP contribution in [0.15, 0.2) is 164 Å². The zero-order valence-electron chi connectivity index (χ0n) is 25.6.